The van der Waals surface area contributed by atoms with Crippen LogP contribution in [-0.4, -0.2) is 29.5 Å². The molecule has 0 saturated carbocycles. The molecule has 2 aromatic rings. The first-order valence-corrected chi connectivity index (χ1v) is 6.08. The van der Waals surface area contributed by atoms with E-state index in [0.29, 0.717) is 5.56 Å². The lowest BCUT2D eigenvalue weighted by molar-refractivity contribution is 0.0827. The zero-order valence-corrected chi connectivity index (χ0v) is 11.6. The van der Waals surface area contributed by atoms with Crippen molar-refractivity contribution in [3.8, 4) is 5.69 Å². The zero-order valence-electron chi connectivity index (χ0n) is 11.6. The van der Waals surface area contributed by atoms with Crippen LogP contribution in [0.1, 0.15) is 21.7 Å². The minimum Gasteiger partial charge on any atom is -0.345 e. The lowest BCUT2D eigenvalue weighted by Crippen LogP contribution is -2.22. The number of aryl methyl sites for hydroxylation is 1. The minimum absolute atomic E-state index is 0.0264. The van der Waals surface area contributed by atoms with Gasteiger partial charge >= 0.3 is 0 Å². The van der Waals surface area contributed by atoms with Gasteiger partial charge in [-0.2, -0.15) is 0 Å². The molecule has 0 atom stereocenters. The van der Waals surface area contributed by atoms with Crippen LogP contribution in [0.15, 0.2) is 30.3 Å². The van der Waals surface area contributed by atoms with Crippen molar-refractivity contribution < 1.29 is 9.18 Å². The predicted octanol–water partition coefficient (Wildman–Crippen LogP) is 2.94. The van der Waals surface area contributed by atoms with E-state index in [-0.39, 0.29) is 11.7 Å². The topological polar surface area (TPSA) is 25.2 Å². The van der Waals surface area contributed by atoms with E-state index in [4.69, 9.17) is 0 Å². The Hall–Kier alpha value is -2.10. The Morgan fingerprint density at radius 1 is 1.16 bits per heavy atom. The summed E-state index contributed by atoms with van der Waals surface area (Å²) in [4.78, 5) is 13.6. The summed E-state index contributed by atoms with van der Waals surface area (Å²) in [6.07, 6.45) is 0. The molecule has 0 aliphatic heterocycles. The van der Waals surface area contributed by atoms with Gasteiger partial charge in [-0.25, -0.2) is 4.39 Å². The smallest absolute Gasteiger partial charge is 0.255 e. The summed E-state index contributed by atoms with van der Waals surface area (Å²) in [5.74, 6) is -0.294. The van der Waals surface area contributed by atoms with E-state index in [1.807, 2.05) is 24.5 Å². The van der Waals surface area contributed by atoms with E-state index in [1.54, 1.807) is 31.1 Å². The van der Waals surface area contributed by atoms with Crippen molar-refractivity contribution in [2.75, 3.05) is 14.1 Å². The minimum atomic E-state index is -0.268. The summed E-state index contributed by atoms with van der Waals surface area (Å²) >= 11 is 0. The molecule has 0 bridgehead atoms. The van der Waals surface area contributed by atoms with Crippen LogP contribution in [0.3, 0.4) is 0 Å². The molecule has 1 heterocycles. The highest BCUT2D eigenvalue weighted by molar-refractivity contribution is 5.95. The molecule has 1 aromatic carbocycles. The average molecular weight is 260 g/mol. The molecule has 0 N–H and O–H groups in total. The molecule has 100 valence electrons. The summed E-state index contributed by atoms with van der Waals surface area (Å²) in [6.45, 7) is 3.83. The van der Waals surface area contributed by atoms with Crippen molar-refractivity contribution in [2.45, 2.75) is 13.8 Å². The van der Waals surface area contributed by atoms with E-state index in [1.165, 1.54) is 12.1 Å². The third-order valence-corrected chi connectivity index (χ3v) is 3.15. The number of benzene rings is 1. The summed E-state index contributed by atoms with van der Waals surface area (Å²) < 4.78 is 14.9. The van der Waals surface area contributed by atoms with Crippen molar-refractivity contribution in [2.24, 2.45) is 0 Å². The van der Waals surface area contributed by atoms with Crippen LogP contribution in [0.4, 0.5) is 4.39 Å². The lowest BCUT2D eigenvalue weighted by atomic mass is 10.2. The SMILES string of the molecule is Cc1cc(C(=O)N(C)C)c(C)n1-c1ccc(F)cc1. The van der Waals surface area contributed by atoms with E-state index < -0.39 is 0 Å². The number of carbonyl (C=O) groups excluding carboxylic acids is 1. The van der Waals surface area contributed by atoms with Crippen molar-refractivity contribution >= 4 is 5.91 Å². The quantitative estimate of drug-likeness (QED) is 0.815. The second kappa shape index (κ2) is 4.88. The first-order valence-electron chi connectivity index (χ1n) is 6.08. The molecule has 1 amide bonds. The molecule has 2 rings (SSSR count). The lowest BCUT2D eigenvalue weighted by Gasteiger charge is -2.12. The molecule has 0 spiro atoms. The number of aromatic nitrogens is 1. The highest BCUT2D eigenvalue weighted by Gasteiger charge is 2.17. The first-order chi connectivity index (χ1) is 8.91. The Balaban J connectivity index is 2.54. The third-order valence-electron chi connectivity index (χ3n) is 3.15. The Labute approximate surface area is 112 Å². The number of amides is 1. The number of hydrogen-bond acceptors (Lipinski definition) is 1. The van der Waals surface area contributed by atoms with Crippen LogP contribution in [0.5, 0.6) is 0 Å². The molecule has 1 aromatic heterocycles. The number of rotatable bonds is 2. The van der Waals surface area contributed by atoms with Gasteiger partial charge in [0, 0.05) is 31.2 Å². The first kappa shape index (κ1) is 13.3. The van der Waals surface area contributed by atoms with Crippen molar-refractivity contribution in [1.29, 1.82) is 0 Å². The molecule has 3 nitrogen and oxygen atoms in total. The summed E-state index contributed by atoms with van der Waals surface area (Å²) in [5.41, 5.74) is 3.35. The van der Waals surface area contributed by atoms with Crippen LogP contribution in [0, 0.1) is 19.7 Å². The molecule has 0 unspecified atom stereocenters. The summed E-state index contributed by atoms with van der Waals surface area (Å²) in [6, 6.07) is 8.11. The van der Waals surface area contributed by atoms with Crippen LogP contribution in [0.25, 0.3) is 5.69 Å². The van der Waals surface area contributed by atoms with E-state index in [9.17, 15) is 9.18 Å². The number of hydrogen-bond donors (Lipinski definition) is 0. The fourth-order valence-corrected chi connectivity index (χ4v) is 2.21. The van der Waals surface area contributed by atoms with Gasteiger partial charge in [-0.3, -0.25) is 4.79 Å². The van der Waals surface area contributed by atoms with E-state index in [2.05, 4.69) is 0 Å². The highest BCUT2D eigenvalue weighted by atomic mass is 19.1. The van der Waals surface area contributed by atoms with Gasteiger partial charge in [0.05, 0.1) is 5.56 Å². The predicted molar refractivity (Wildman–Crippen MR) is 73.2 cm³/mol. The molecule has 0 aliphatic carbocycles. The number of halogens is 1. The van der Waals surface area contributed by atoms with Gasteiger partial charge in [-0.15, -0.1) is 0 Å². The molecule has 4 heteroatoms. The van der Waals surface area contributed by atoms with Crippen LogP contribution >= 0.6 is 0 Å². The Kier molecular flexibility index (Phi) is 3.42. The maximum Gasteiger partial charge on any atom is 0.255 e. The molecule has 19 heavy (non-hydrogen) atoms. The number of nitrogens with zero attached hydrogens (tertiary/aromatic N) is 2. The molecule has 0 fully saturated rings. The van der Waals surface area contributed by atoms with Crippen molar-refractivity contribution in [1.82, 2.24) is 9.47 Å². The van der Waals surface area contributed by atoms with Crippen LogP contribution < -0.4 is 0 Å². The standard InChI is InChI=1S/C15H17FN2O/c1-10-9-14(15(19)17(3)4)11(2)18(10)13-7-5-12(16)6-8-13/h5-9H,1-4H3. The second-order valence-corrected chi connectivity index (χ2v) is 4.80. The molecular weight excluding hydrogens is 243 g/mol. The van der Waals surface area contributed by atoms with Gasteiger partial charge in [0.2, 0.25) is 0 Å². The van der Waals surface area contributed by atoms with Gasteiger partial charge in [0.1, 0.15) is 5.82 Å². The van der Waals surface area contributed by atoms with E-state index >= 15 is 0 Å². The van der Waals surface area contributed by atoms with E-state index in [0.717, 1.165) is 17.1 Å². The van der Waals surface area contributed by atoms with Crippen LogP contribution in [-0.2, 0) is 0 Å². The maximum absolute atomic E-state index is 13.0. The van der Waals surface area contributed by atoms with Crippen LogP contribution in [0.2, 0.25) is 0 Å². The highest BCUT2D eigenvalue weighted by Crippen LogP contribution is 2.21. The van der Waals surface area contributed by atoms with Crippen molar-refractivity contribution in [3.63, 3.8) is 0 Å². The average Bonchev–Trinajstić information content (AvgIpc) is 2.65. The maximum atomic E-state index is 13.0. The molecule has 0 radical (unpaired) electrons. The zero-order chi connectivity index (χ0) is 14.2. The van der Waals surface area contributed by atoms with Gasteiger partial charge < -0.3 is 9.47 Å². The molecule has 0 saturated heterocycles. The fraction of sp³-hybridized carbons (Fsp3) is 0.267. The van der Waals surface area contributed by atoms with Gasteiger partial charge in [-0.1, -0.05) is 0 Å². The molecular formula is C15H17FN2O. The summed E-state index contributed by atoms with van der Waals surface area (Å²) in [7, 11) is 3.46. The largest absolute Gasteiger partial charge is 0.345 e. The second-order valence-electron chi connectivity index (χ2n) is 4.80. The Morgan fingerprint density at radius 2 is 1.74 bits per heavy atom. The fourth-order valence-electron chi connectivity index (χ4n) is 2.21. The van der Waals surface area contributed by atoms with Gasteiger partial charge in [0.25, 0.3) is 5.91 Å². The Bertz CT molecular complexity index is 612. The number of carbonyl (C=O) groups is 1. The Morgan fingerprint density at radius 3 is 2.26 bits per heavy atom. The van der Waals surface area contributed by atoms with Gasteiger partial charge in [-0.05, 0) is 44.2 Å². The molecule has 0 aliphatic rings. The van der Waals surface area contributed by atoms with Crippen molar-refractivity contribution in [3.05, 3.63) is 53.1 Å². The van der Waals surface area contributed by atoms with Gasteiger partial charge in [0.15, 0.2) is 0 Å². The monoisotopic (exact) mass is 260 g/mol. The normalized spacial score (nSPS) is 10.6. The summed E-state index contributed by atoms with van der Waals surface area (Å²) in [5, 5.41) is 0. The third kappa shape index (κ3) is 2.38.